The van der Waals surface area contributed by atoms with Crippen molar-refractivity contribution < 1.29 is 0 Å². The zero-order valence-corrected chi connectivity index (χ0v) is 44.9. The predicted molar refractivity (Wildman–Crippen MR) is 306 cm³/mol. The number of hydrogen-bond donors (Lipinski definition) is 0. The average Bonchev–Trinajstić information content (AvgIpc) is 3.54. The van der Waals surface area contributed by atoms with Crippen LogP contribution in [0.15, 0.2) is 140 Å². The third-order valence-electron chi connectivity index (χ3n) is 18.7. The highest BCUT2D eigenvalue weighted by Gasteiger charge is 2.58. The van der Waals surface area contributed by atoms with E-state index in [1.807, 2.05) is 0 Å². The molecule has 0 amide bonds. The topological polar surface area (TPSA) is 9.72 Å². The van der Waals surface area contributed by atoms with E-state index in [-0.39, 0.29) is 39.3 Å². The molecule has 5 aliphatic rings. The summed E-state index contributed by atoms with van der Waals surface area (Å²) in [6, 6.07) is 55.3. The zero-order valence-electron chi connectivity index (χ0n) is 44.9. The van der Waals surface area contributed by atoms with Gasteiger partial charge >= 0.3 is 0 Å². The molecule has 0 radical (unpaired) electrons. The van der Waals surface area contributed by atoms with Crippen LogP contribution in [0.2, 0.25) is 0 Å². The van der Waals surface area contributed by atoms with Crippen molar-refractivity contribution in [3.05, 3.63) is 173 Å². The number of fused-ring (bicyclic) bond motifs is 8. The Morgan fingerprint density at radius 1 is 0.451 bits per heavy atom. The van der Waals surface area contributed by atoms with Gasteiger partial charge in [-0.25, -0.2) is 0 Å². The molecule has 0 saturated heterocycles. The maximum Gasteiger partial charge on any atom is 0.252 e. The summed E-state index contributed by atoms with van der Waals surface area (Å²) in [5, 5.41) is 0. The molecule has 2 aliphatic carbocycles. The van der Waals surface area contributed by atoms with Crippen molar-refractivity contribution in [2.45, 2.75) is 161 Å². The Hall–Kier alpha value is -6.00. The van der Waals surface area contributed by atoms with Crippen molar-refractivity contribution in [2.75, 3.05) is 14.7 Å². The molecule has 71 heavy (non-hydrogen) atoms. The maximum absolute atomic E-state index is 2.82. The molecule has 12 rings (SSSR count). The lowest BCUT2D eigenvalue weighted by atomic mass is 9.33. The second-order valence-electron chi connectivity index (χ2n) is 26.1. The highest BCUT2D eigenvalue weighted by Crippen LogP contribution is 2.62. The highest BCUT2D eigenvalue weighted by atomic mass is 15.3. The third-order valence-corrected chi connectivity index (χ3v) is 18.7. The minimum atomic E-state index is -0.148. The molecule has 3 heterocycles. The monoisotopic (exact) mass is 932 g/mol. The van der Waals surface area contributed by atoms with Crippen molar-refractivity contribution in [1.82, 2.24) is 0 Å². The van der Waals surface area contributed by atoms with E-state index in [9.17, 15) is 0 Å². The molecular formula is C67H74BN3. The lowest BCUT2D eigenvalue weighted by Gasteiger charge is -2.51. The first-order valence-electron chi connectivity index (χ1n) is 26.9. The molecular weight excluding hydrogens is 858 g/mol. The molecule has 0 N–H and O–H groups in total. The summed E-state index contributed by atoms with van der Waals surface area (Å²) in [6.07, 6.45) is 7.11. The molecule has 1 fully saturated rings. The number of nitrogens with zero attached hydrogens (tertiary/aromatic N) is 3. The molecule has 7 aromatic rings. The van der Waals surface area contributed by atoms with E-state index in [1.54, 1.807) is 0 Å². The van der Waals surface area contributed by atoms with Crippen LogP contribution in [-0.4, -0.2) is 12.3 Å². The molecule has 7 aromatic carbocycles. The number of rotatable bonds is 4. The SMILES string of the molecule is Cc1ccccc1-c1ccc2c(c1)C1(C)CCCCC1(C)N2c1cc2c3c(c1)N(c1ccccc1)c1cc4c(cc1B3c1cc(C(C)(C)C)ccc1N2c1ccc(C(C)(C)C)cc1)C(C)(C)CCC4(C)C. The molecule has 1 saturated carbocycles. The van der Waals surface area contributed by atoms with Crippen LogP contribution in [-0.2, 0) is 27.1 Å². The Labute approximate surface area is 426 Å². The first kappa shape index (κ1) is 46.1. The van der Waals surface area contributed by atoms with Crippen LogP contribution in [0.3, 0.4) is 0 Å². The van der Waals surface area contributed by atoms with Crippen LogP contribution in [0.5, 0.6) is 0 Å². The second-order valence-corrected chi connectivity index (χ2v) is 26.1. The first-order chi connectivity index (χ1) is 33.6. The molecule has 2 atom stereocenters. The van der Waals surface area contributed by atoms with Gasteiger partial charge in [-0.3, -0.25) is 0 Å². The van der Waals surface area contributed by atoms with Gasteiger partial charge in [0, 0.05) is 50.9 Å². The van der Waals surface area contributed by atoms with Crippen LogP contribution < -0.4 is 31.1 Å². The van der Waals surface area contributed by atoms with Gasteiger partial charge in [0.1, 0.15) is 0 Å². The van der Waals surface area contributed by atoms with E-state index in [2.05, 4.69) is 244 Å². The minimum absolute atomic E-state index is 0.0237. The maximum atomic E-state index is 2.82. The van der Waals surface area contributed by atoms with Crippen molar-refractivity contribution in [3.63, 3.8) is 0 Å². The van der Waals surface area contributed by atoms with Gasteiger partial charge in [0.2, 0.25) is 0 Å². The molecule has 3 aliphatic heterocycles. The third kappa shape index (κ3) is 6.82. The van der Waals surface area contributed by atoms with Crippen LogP contribution in [0, 0.1) is 6.92 Å². The van der Waals surface area contributed by atoms with Gasteiger partial charge in [0.25, 0.3) is 6.71 Å². The van der Waals surface area contributed by atoms with E-state index in [1.165, 1.54) is 138 Å². The predicted octanol–water partition coefficient (Wildman–Crippen LogP) is 16.4. The first-order valence-corrected chi connectivity index (χ1v) is 26.9. The molecule has 2 unspecified atom stereocenters. The summed E-state index contributed by atoms with van der Waals surface area (Å²) in [7, 11) is 0. The average molecular weight is 932 g/mol. The number of para-hydroxylation sites is 1. The molecule has 0 spiro atoms. The van der Waals surface area contributed by atoms with Crippen molar-refractivity contribution in [3.8, 4) is 11.1 Å². The smallest absolute Gasteiger partial charge is 0.252 e. The van der Waals surface area contributed by atoms with Gasteiger partial charge in [-0.1, -0.05) is 168 Å². The van der Waals surface area contributed by atoms with Crippen LogP contribution in [0.1, 0.15) is 155 Å². The number of anilines is 8. The Balaban J connectivity index is 1.20. The van der Waals surface area contributed by atoms with Crippen LogP contribution in [0.25, 0.3) is 11.1 Å². The van der Waals surface area contributed by atoms with Gasteiger partial charge in [0.15, 0.2) is 0 Å². The van der Waals surface area contributed by atoms with Gasteiger partial charge in [-0.2, -0.15) is 0 Å². The zero-order chi connectivity index (χ0) is 49.8. The Morgan fingerprint density at radius 3 is 1.68 bits per heavy atom. The number of benzene rings is 7. The number of aryl methyl sites for hydroxylation is 1. The van der Waals surface area contributed by atoms with Gasteiger partial charge in [0.05, 0.1) is 5.54 Å². The molecule has 4 heteroatoms. The Bertz CT molecular complexity index is 3290. The van der Waals surface area contributed by atoms with E-state index < -0.39 is 0 Å². The highest BCUT2D eigenvalue weighted by molar-refractivity contribution is 7.00. The Morgan fingerprint density at radius 2 is 1.01 bits per heavy atom. The molecule has 0 bridgehead atoms. The summed E-state index contributed by atoms with van der Waals surface area (Å²) >= 11 is 0. The standard InChI is InChI=1S/C67H74BN3/c1-43-21-17-18-24-50(43)44-25-31-56-53(37-44)66(12)33-19-20-34-67(66,13)71(56)49-39-59-61-60(40-49)70(47-22-15-14-16-23-47)58-42-52-51(64(8,9)35-36-65(52,10)11)41-55(58)68(61)54-38-46(63(5,6)7)28-32-57(54)69(59)48-29-26-45(27-30-48)62(2,3)4/h14-18,21-32,37-42H,19-20,33-36H2,1-13H3. The van der Waals surface area contributed by atoms with E-state index in [4.69, 9.17) is 0 Å². The van der Waals surface area contributed by atoms with Gasteiger partial charge in [-0.15, -0.1) is 0 Å². The summed E-state index contributed by atoms with van der Waals surface area (Å²) < 4.78 is 0. The molecule has 0 aromatic heterocycles. The van der Waals surface area contributed by atoms with E-state index in [0.717, 1.165) is 6.42 Å². The van der Waals surface area contributed by atoms with Crippen molar-refractivity contribution in [1.29, 1.82) is 0 Å². The van der Waals surface area contributed by atoms with Crippen LogP contribution >= 0.6 is 0 Å². The van der Waals surface area contributed by atoms with E-state index in [0.29, 0.717) is 0 Å². The van der Waals surface area contributed by atoms with Crippen LogP contribution in [0.4, 0.5) is 45.5 Å². The lowest BCUT2D eigenvalue weighted by Crippen LogP contribution is -2.62. The molecule has 360 valence electrons. The quantitative estimate of drug-likeness (QED) is 0.163. The van der Waals surface area contributed by atoms with Gasteiger partial charge < -0.3 is 14.7 Å². The minimum Gasteiger partial charge on any atom is -0.334 e. The normalized spacial score (nSPS) is 21.5. The van der Waals surface area contributed by atoms with E-state index >= 15 is 0 Å². The summed E-state index contributed by atoms with van der Waals surface area (Å²) in [4.78, 5) is 8.14. The Kier molecular flexibility index (Phi) is 10.1. The largest absolute Gasteiger partial charge is 0.334 e. The van der Waals surface area contributed by atoms with Gasteiger partial charge in [-0.05, 0) is 183 Å². The fraction of sp³-hybridized carbons (Fsp3) is 0.373. The summed E-state index contributed by atoms with van der Waals surface area (Å²) in [5.41, 5.74) is 25.5. The summed E-state index contributed by atoms with van der Waals surface area (Å²) in [6.45, 7) is 31.5. The number of hydrogen-bond acceptors (Lipinski definition) is 3. The fourth-order valence-electron chi connectivity index (χ4n) is 14.1. The second kappa shape index (κ2) is 15.5. The summed E-state index contributed by atoms with van der Waals surface area (Å²) in [5.74, 6) is 0. The van der Waals surface area contributed by atoms with Crippen molar-refractivity contribution >= 4 is 68.6 Å². The molecule has 3 nitrogen and oxygen atoms in total. The lowest BCUT2D eigenvalue weighted by molar-refractivity contribution is 0.195. The fourth-order valence-corrected chi connectivity index (χ4v) is 14.1. The van der Waals surface area contributed by atoms with Crippen molar-refractivity contribution in [2.24, 2.45) is 0 Å².